The molecule has 4 aromatic rings. The van der Waals surface area contributed by atoms with Gasteiger partial charge in [0.25, 0.3) is 0 Å². The number of halogens is 5. The van der Waals surface area contributed by atoms with Gasteiger partial charge in [-0.2, -0.15) is 18.4 Å². The van der Waals surface area contributed by atoms with Crippen molar-refractivity contribution in [2.24, 2.45) is 0 Å². The summed E-state index contributed by atoms with van der Waals surface area (Å²) in [7, 11) is 0. The molecule has 0 spiro atoms. The molecule has 1 amide bonds. The number of hydrogen-bond donors (Lipinski definition) is 1. The first-order chi connectivity index (χ1) is 17.7. The molecule has 0 unspecified atom stereocenters. The van der Waals surface area contributed by atoms with Crippen molar-refractivity contribution < 1.29 is 18.0 Å². The molecule has 0 fully saturated rings. The normalized spacial score (nSPS) is 11.1. The van der Waals surface area contributed by atoms with E-state index in [-0.39, 0.29) is 22.0 Å². The number of amides is 1. The zero-order valence-corrected chi connectivity index (χ0v) is 21.1. The third kappa shape index (κ3) is 6.44. The number of carbonyl (C=O) groups is 1. The highest BCUT2D eigenvalue weighted by Gasteiger charge is 2.30. The molecule has 4 nitrogen and oxygen atoms in total. The molecule has 1 N–H and O–H groups in total. The van der Waals surface area contributed by atoms with E-state index < -0.39 is 17.6 Å². The Kier molecular flexibility index (Phi) is 8.08. The molecule has 186 valence electrons. The lowest BCUT2D eigenvalue weighted by atomic mass is 9.99. The van der Waals surface area contributed by atoms with E-state index in [2.05, 4.69) is 16.4 Å². The number of rotatable bonds is 6. The topological polar surface area (TPSA) is 65.8 Å². The summed E-state index contributed by atoms with van der Waals surface area (Å²) < 4.78 is 39.0. The standard InChI is InChI=1S/C27H16Cl2F3N3OS/c28-18-10-8-16(9-11-18)24-13-21(20-6-1-2-7-23(20)29)22(14-33)26(35-24)37-15-25(36)34-19-5-3-4-17(12-19)27(30,31)32/h1-13H,15H2,(H,34,36). The second-order valence-electron chi connectivity index (χ2n) is 7.75. The van der Waals surface area contributed by atoms with Gasteiger partial charge in [-0.15, -0.1) is 0 Å². The number of carbonyl (C=O) groups excluding carboxylic acids is 1. The number of aromatic nitrogens is 1. The van der Waals surface area contributed by atoms with E-state index in [0.717, 1.165) is 29.5 Å². The van der Waals surface area contributed by atoms with Gasteiger partial charge in [-0.3, -0.25) is 4.79 Å². The molecule has 1 heterocycles. The number of pyridine rings is 1. The number of anilines is 1. The van der Waals surface area contributed by atoms with Crippen LogP contribution < -0.4 is 5.32 Å². The summed E-state index contributed by atoms with van der Waals surface area (Å²) in [5, 5.41) is 13.7. The molecule has 0 saturated carbocycles. The third-order valence-corrected chi connectivity index (χ3v) is 6.77. The fourth-order valence-electron chi connectivity index (χ4n) is 3.50. The van der Waals surface area contributed by atoms with E-state index in [0.29, 0.717) is 26.9 Å². The van der Waals surface area contributed by atoms with Crippen LogP contribution in [-0.4, -0.2) is 16.6 Å². The van der Waals surface area contributed by atoms with Gasteiger partial charge >= 0.3 is 6.18 Å². The average Bonchev–Trinajstić information content (AvgIpc) is 2.87. The van der Waals surface area contributed by atoms with Gasteiger partial charge in [-0.25, -0.2) is 4.98 Å². The predicted molar refractivity (Wildman–Crippen MR) is 141 cm³/mol. The van der Waals surface area contributed by atoms with Crippen LogP contribution >= 0.6 is 35.0 Å². The van der Waals surface area contributed by atoms with Crippen molar-refractivity contribution in [2.75, 3.05) is 11.1 Å². The van der Waals surface area contributed by atoms with Gasteiger partial charge < -0.3 is 5.32 Å². The molecular formula is C27H16Cl2F3N3OS. The molecule has 0 aliphatic carbocycles. The number of benzene rings is 3. The molecule has 0 saturated heterocycles. The lowest BCUT2D eigenvalue weighted by Gasteiger charge is -2.14. The van der Waals surface area contributed by atoms with Gasteiger partial charge in [0.2, 0.25) is 5.91 Å². The number of nitriles is 1. The van der Waals surface area contributed by atoms with Crippen LogP contribution in [0.4, 0.5) is 18.9 Å². The van der Waals surface area contributed by atoms with Crippen LogP contribution in [0.15, 0.2) is 83.9 Å². The highest BCUT2D eigenvalue weighted by atomic mass is 35.5. The Hall–Kier alpha value is -3.51. The second kappa shape index (κ2) is 11.3. The fourth-order valence-corrected chi connectivity index (χ4v) is 4.67. The van der Waals surface area contributed by atoms with Gasteiger partial charge in [-0.1, -0.05) is 71.4 Å². The summed E-state index contributed by atoms with van der Waals surface area (Å²) in [5.41, 5.74) is 1.79. The Balaban J connectivity index is 1.67. The minimum Gasteiger partial charge on any atom is -0.325 e. The van der Waals surface area contributed by atoms with Crippen LogP contribution in [0.1, 0.15) is 11.1 Å². The van der Waals surface area contributed by atoms with Gasteiger partial charge in [0, 0.05) is 32.4 Å². The minimum atomic E-state index is -4.53. The van der Waals surface area contributed by atoms with Crippen molar-refractivity contribution >= 4 is 46.6 Å². The van der Waals surface area contributed by atoms with Crippen molar-refractivity contribution in [1.29, 1.82) is 5.26 Å². The van der Waals surface area contributed by atoms with E-state index >= 15 is 0 Å². The van der Waals surface area contributed by atoms with Crippen molar-refractivity contribution in [3.63, 3.8) is 0 Å². The predicted octanol–water partition coefficient (Wildman–Crippen LogP) is 8.34. The molecule has 3 aromatic carbocycles. The van der Waals surface area contributed by atoms with E-state index in [4.69, 9.17) is 23.2 Å². The summed E-state index contributed by atoms with van der Waals surface area (Å²) in [6, 6.07) is 22.3. The van der Waals surface area contributed by atoms with Crippen LogP contribution in [0.25, 0.3) is 22.4 Å². The van der Waals surface area contributed by atoms with Crippen LogP contribution in [0, 0.1) is 11.3 Å². The molecule has 0 aliphatic heterocycles. The van der Waals surface area contributed by atoms with Crippen LogP contribution in [0.2, 0.25) is 10.0 Å². The van der Waals surface area contributed by atoms with Crippen molar-refractivity contribution in [3.05, 3.63) is 100 Å². The SMILES string of the molecule is N#Cc1c(-c2ccccc2Cl)cc(-c2ccc(Cl)cc2)nc1SCC(=O)Nc1cccc(C(F)(F)F)c1. The molecule has 37 heavy (non-hydrogen) atoms. The molecule has 1 aromatic heterocycles. The van der Waals surface area contributed by atoms with Gasteiger partial charge in [0.05, 0.1) is 22.6 Å². The molecule has 0 atom stereocenters. The Morgan fingerprint density at radius 1 is 0.973 bits per heavy atom. The molecule has 0 radical (unpaired) electrons. The van der Waals surface area contributed by atoms with Crippen LogP contribution in [-0.2, 0) is 11.0 Å². The third-order valence-electron chi connectivity index (χ3n) is 5.22. The summed E-state index contributed by atoms with van der Waals surface area (Å²) >= 11 is 13.4. The van der Waals surface area contributed by atoms with E-state index in [9.17, 15) is 23.2 Å². The summed E-state index contributed by atoms with van der Waals surface area (Å²) in [6.07, 6.45) is -4.53. The van der Waals surface area contributed by atoms with Crippen LogP contribution in [0.5, 0.6) is 0 Å². The maximum Gasteiger partial charge on any atom is 0.416 e. The van der Waals surface area contributed by atoms with E-state index in [1.807, 2.05) is 0 Å². The summed E-state index contributed by atoms with van der Waals surface area (Å²) in [6.45, 7) is 0. The van der Waals surface area contributed by atoms with Crippen molar-refractivity contribution in [3.8, 4) is 28.5 Å². The number of hydrogen-bond acceptors (Lipinski definition) is 4. The van der Waals surface area contributed by atoms with Gasteiger partial charge in [0.1, 0.15) is 11.1 Å². The quantitative estimate of drug-likeness (QED) is 0.242. The molecular weight excluding hydrogens is 542 g/mol. The number of nitrogens with one attached hydrogen (secondary N) is 1. The maximum atomic E-state index is 13.0. The highest BCUT2D eigenvalue weighted by Crippen LogP contribution is 2.37. The number of thioether (sulfide) groups is 1. The smallest absolute Gasteiger partial charge is 0.325 e. The summed E-state index contributed by atoms with van der Waals surface area (Å²) in [5.74, 6) is -0.740. The first-order valence-corrected chi connectivity index (χ1v) is 12.5. The molecule has 0 bridgehead atoms. The minimum absolute atomic E-state index is 0.0144. The Labute approximate surface area is 225 Å². The zero-order chi connectivity index (χ0) is 26.6. The van der Waals surface area contributed by atoms with Gasteiger partial charge in [-0.05, 0) is 42.5 Å². The van der Waals surface area contributed by atoms with Crippen molar-refractivity contribution in [1.82, 2.24) is 4.98 Å². The van der Waals surface area contributed by atoms with E-state index in [1.165, 1.54) is 12.1 Å². The van der Waals surface area contributed by atoms with Crippen molar-refractivity contribution in [2.45, 2.75) is 11.2 Å². The number of alkyl halides is 3. The largest absolute Gasteiger partial charge is 0.416 e. The number of nitrogens with zero attached hydrogens (tertiary/aromatic N) is 2. The molecule has 10 heteroatoms. The first-order valence-electron chi connectivity index (χ1n) is 10.7. The Morgan fingerprint density at radius 2 is 1.70 bits per heavy atom. The summed E-state index contributed by atoms with van der Waals surface area (Å²) in [4.78, 5) is 17.2. The highest BCUT2D eigenvalue weighted by molar-refractivity contribution is 8.00. The molecule has 0 aliphatic rings. The second-order valence-corrected chi connectivity index (χ2v) is 9.56. The average molecular weight is 558 g/mol. The molecule has 4 rings (SSSR count). The maximum absolute atomic E-state index is 13.0. The fraction of sp³-hybridized carbons (Fsp3) is 0.0741. The Morgan fingerprint density at radius 3 is 2.38 bits per heavy atom. The zero-order valence-electron chi connectivity index (χ0n) is 18.8. The first kappa shape index (κ1) is 26.6. The van der Waals surface area contributed by atoms with Crippen LogP contribution in [0.3, 0.4) is 0 Å². The monoisotopic (exact) mass is 557 g/mol. The van der Waals surface area contributed by atoms with E-state index in [1.54, 1.807) is 54.6 Å². The lowest BCUT2D eigenvalue weighted by Crippen LogP contribution is -2.15. The van der Waals surface area contributed by atoms with Gasteiger partial charge in [0.15, 0.2) is 0 Å². The Bertz CT molecular complexity index is 1500. The lowest BCUT2D eigenvalue weighted by molar-refractivity contribution is -0.137.